The first kappa shape index (κ1) is 9.51. The Morgan fingerprint density at radius 2 is 2.00 bits per heavy atom. The first-order chi connectivity index (χ1) is 5.43. The maximum absolute atomic E-state index is 12.2. The van der Waals surface area contributed by atoms with E-state index in [1.165, 1.54) is 6.92 Å². The van der Waals surface area contributed by atoms with Gasteiger partial charge >= 0.3 is 6.18 Å². The second-order valence-corrected chi connectivity index (χ2v) is 3.02. The Labute approximate surface area is 75.7 Å². The Hall–Kier alpha value is -0.580. The van der Waals surface area contributed by atoms with Crippen LogP contribution in [0.5, 0.6) is 0 Å². The van der Waals surface area contributed by atoms with Crippen molar-refractivity contribution in [2.45, 2.75) is 13.1 Å². The maximum Gasteiger partial charge on any atom is 0.416 e. The molecule has 1 heterocycles. The molecule has 0 saturated heterocycles. The molecule has 1 rings (SSSR count). The van der Waals surface area contributed by atoms with E-state index in [0.29, 0.717) is 0 Å². The SMILES string of the molecule is Cc1c(C(F)(F)F)ccnc1Br. The van der Waals surface area contributed by atoms with E-state index in [1.54, 1.807) is 0 Å². The van der Waals surface area contributed by atoms with Crippen LogP contribution >= 0.6 is 15.9 Å². The quantitative estimate of drug-likeness (QED) is 0.634. The molecular formula is C7H5BrF3N. The summed E-state index contributed by atoms with van der Waals surface area (Å²) in [5.74, 6) is 0. The van der Waals surface area contributed by atoms with E-state index in [0.717, 1.165) is 12.3 Å². The van der Waals surface area contributed by atoms with Gasteiger partial charge in [-0.15, -0.1) is 0 Å². The molecule has 0 amide bonds. The Morgan fingerprint density at radius 3 is 2.42 bits per heavy atom. The standard InChI is InChI=1S/C7H5BrF3N/c1-4-5(7(9,10)11)2-3-12-6(4)8/h2-3H,1H3. The molecule has 0 aliphatic carbocycles. The van der Waals surface area contributed by atoms with Crippen LogP contribution in [0.25, 0.3) is 0 Å². The van der Waals surface area contributed by atoms with Gasteiger partial charge in [-0.3, -0.25) is 0 Å². The molecular weight excluding hydrogens is 235 g/mol. The fourth-order valence-electron chi connectivity index (χ4n) is 0.817. The number of hydrogen-bond donors (Lipinski definition) is 0. The van der Waals surface area contributed by atoms with Crippen molar-refractivity contribution in [2.24, 2.45) is 0 Å². The summed E-state index contributed by atoms with van der Waals surface area (Å²) >= 11 is 2.93. The zero-order valence-electron chi connectivity index (χ0n) is 6.11. The molecule has 5 heteroatoms. The van der Waals surface area contributed by atoms with Crippen LogP contribution in [0.15, 0.2) is 16.9 Å². The van der Waals surface area contributed by atoms with Crippen LogP contribution in [-0.4, -0.2) is 4.98 Å². The summed E-state index contributed by atoms with van der Waals surface area (Å²) < 4.78 is 36.8. The van der Waals surface area contributed by atoms with Crippen LogP contribution < -0.4 is 0 Å². The lowest BCUT2D eigenvalue weighted by molar-refractivity contribution is -0.138. The number of pyridine rings is 1. The molecule has 0 N–H and O–H groups in total. The van der Waals surface area contributed by atoms with E-state index < -0.39 is 11.7 Å². The number of alkyl halides is 3. The Kier molecular flexibility index (Phi) is 2.41. The van der Waals surface area contributed by atoms with Gasteiger partial charge in [-0.2, -0.15) is 13.2 Å². The third-order valence-electron chi connectivity index (χ3n) is 1.45. The Morgan fingerprint density at radius 1 is 1.42 bits per heavy atom. The molecule has 0 bridgehead atoms. The summed E-state index contributed by atoms with van der Waals surface area (Å²) in [7, 11) is 0. The fraction of sp³-hybridized carbons (Fsp3) is 0.286. The summed E-state index contributed by atoms with van der Waals surface area (Å²) in [5, 5.41) is 0. The van der Waals surface area contributed by atoms with Crippen LogP contribution in [-0.2, 0) is 6.18 Å². The van der Waals surface area contributed by atoms with Gasteiger partial charge in [0, 0.05) is 6.20 Å². The van der Waals surface area contributed by atoms with Crippen LogP contribution in [0.3, 0.4) is 0 Å². The number of hydrogen-bond acceptors (Lipinski definition) is 1. The Balaban J connectivity index is 3.26. The normalized spacial score (nSPS) is 11.8. The molecule has 66 valence electrons. The highest BCUT2D eigenvalue weighted by molar-refractivity contribution is 9.10. The molecule has 0 unspecified atom stereocenters. The van der Waals surface area contributed by atoms with Crippen LogP contribution in [0, 0.1) is 6.92 Å². The lowest BCUT2D eigenvalue weighted by Crippen LogP contribution is -2.08. The molecule has 1 nitrogen and oxygen atoms in total. The summed E-state index contributed by atoms with van der Waals surface area (Å²) in [6.07, 6.45) is -3.17. The number of halogens is 4. The molecule has 0 radical (unpaired) electrons. The summed E-state index contributed by atoms with van der Waals surface area (Å²) in [5.41, 5.74) is -0.533. The van der Waals surface area contributed by atoms with Crippen molar-refractivity contribution in [3.63, 3.8) is 0 Å². The molecule has 0 fully saturated rings. The zero-order chi connectivity index (χ0) is 9.35. The van der Waals surface area contributed by atoms with E-state index >= 15 is 0 Å². The summed E-state index contributed by atoms with van der Waals surface area (Å²) in [6.45, 7) is 1.37. The fourth-order valence-corrected chi connectivity index (χ4v) is 1.15. The second-order valence-electron chi connectivity index (χ2n) is 2.27. The van der Waals surface area contributed by atoms with Crippen molar-refractivity contribution in [1.29, 1.82) is 0 Å². The summed E-state index contributed by atoms with van der Waals surface area (Å²) in [6, 6.07) is 0.958. The van der Waals surface area contributed by atoms with Crippen molar-refractivity contribution < 1.29 is 13.2 Å². The molecule has 1 aromatic heterocycles. The first-order valence-electron chi connectivity index (χ1n) is 3.11. The van der Waals surface area contributed by atoms with Crippen LogP contribution in [0.1, 0.15) is 11.1 Å². The van der Waals surface area contributed by atoms with Crippen LogP contribution in [0.2, 0.25) is 0 Å². The monoisotopic (exact) mass is 239 g/mol. The summed E-state index contributed by atoms with van der Waals surface area (Å²) in [4.78, 5) is 3.67. The third kappa shape index (κ3) is 1.77. The van der Waals surface area contributed by atoms with E-state index in [4.69, 9.17) is 0 Å². The van der Waals surface area contributed by atoms with Gasteiger partial charge in [0.2, 0.25) is 0 Å². The van der Waals surface area contributed by atoms with E-state index in [9.17, 15) is 13.2 Å². The average molecular weight is 240 g/mol. The zero-order valence-corrected chi connectivity index (χ0v) is 7.70. The van der Waals surface area contributed by atoms with E-state index in [2.05, 4.69) is 20.9 Å². The number of nitrogens with zero attached hydrogens (tertiary/aromatic N) is 1. The predicted octanol–water partition coefficient (Wildman–Crippen LogP) is 3.17. The van der Waals surface area contributed by atoms with Gasteiger partial charge in [0.1, 0.15) is 4.60 Å². The largest absolute Gasteiger partial charge is 0.416 e. The van der Waals surface area contributed by atoms with E-state index in [-0.39, 0.29) is 10.2 Å². The topological polar surface area (TPSA) is 12.9 Å². The van der Waals surface area contributed by atoms with Gasteiger partial charge in [0.05, 0.1) is 5.56 Å². The minimum Gasteiger partial charge on any atom is -0.249 e. The smallest absolute Gasteiger partial charge is 0.249 e. The molecule has 0 aliphatic heterocycles. The number of aromatic nitrogens is 1. The van der Waals surface area contributed by atoms with Crippen molar-refractivity contribution in [1.82, 2.24) is 4.98 Å². The van der Waals surface area contributed by atoms with Gasteiger partial charge in [0.25, 0.3) is 0 Å². The predicted molar refractivity (Wildman–Crippen MR) is 41.7 cm³/mol. The van der Waals surface area contributed by atoms with Gasteiger partial charge in [-0.05, 0) is 34.5 Å². The van der Waals surface area contributed by atoms with Gasteiger partial charge < -0.3 is 0 Å². The highest BCUT2D eigenvalue weighted by atomic mass is 79.9. The Bertz CT molecular complexity index is 295. The third-order valence-corrected chi connectivity index (χ3v) is 2.25. The lowest BCUT2D eigenvalue weighted by atomic mass is 10.1. The van der Waals surface area contributed by atoms with Crippen molar-refractivity contribution in [2.75, 3.05) is 0 Å². The molecule has 0 aromatic carbocycles. The van der Waals surface area contributed by atoms with Crippen molar-refractivity contribution in [3.8, 4) is 0 Å². The van der Waals surface area contributed by atoms with Crippen molar-refractivity contribution >= 4 is 15.9 Å². The second kappa shape index (κ2) is 3.05. The van der Waals surface area contributed by atoms with Gasteiger partial charge in [-0.25, -0.2) is 4.98 Å². The molecule has 0 aliphatic rings. The van der Waals surface area contributed by atoms with E-state index in [1.807, 2.05) is 0 Å². The van der Waals surface area contributed by atoms with Gasteiger partial charge in [0.15, 0.2) is 0 Å². The lowest BCUT2D eigenvalue weighted by Gasteiger charge is -2.09. The molecule has 0 spiro atoms. The van der Waals surface area contributed by atoms with Crippen molar-refractivity contribution in [3.05, 3.63) is 28.0 Å². The highest BCUT2D eigenvalue weighted by Gasteiger charge is 2.32. The highest BCUT2D eigenvalue weighted by Crippen LogP contribution is 2.33. The number of rotatable bonds is 0. The maximum atomic E-state index is 12.2. The molecule has 12 heavy (non-hydrogen) atoms. The molecule has 0 atom stereocenters. The molecule has 0 saturated carbocycles. The first-order valence-corrected chi connectivity index (χ1v) is 3.90. The minimum atomic E-state index is -4.30. The minimum absolute atomic E-state index is 0.116. The average Bonchev–Trinajstić information content (AvgIpc) is 1.92. The van der Waals surface area contributed by atoms with Gasteiger partial charge in [-0.1, -0.05) is 0 Å². The van der Waals surface area contributed by atoms with Crippen LogP contribution in [0.4, 0.5) is 13.2 Å². The molecule has 1 aromatic rings.